The third kappa shape index (κ3) is 7.05. The lowest BCUT2D eigenvalue weighted by Crippen LogP contribution is -2.40. The Morgan fingerprint density at radius 1 is 1.29 bits per heavy atom. The van der Waals surface area contributed by atoms with Crippen molar-refractivity contribution in [3.63, 3.8) is 0 Å². The molecule has 0 bridgehead atoms. The van der Waals surface area contributed by atoms with Crippen LogP contribution in [0.15, 0.2) is 24.3 Å². The summed E-state index contributed by atoms with van der Waals surface area (Å²) in [6.07, 6.45) is -4.34. The number of amides is 1. The molecular formula is C13H16F4N2O2. The lowest BCUT2D eigenvalue weighted by Gasteiger charge is -2.22. The number of aliphatic hydroxyl groups is 1. The average molecular weight is 308 g/mol. The summed E-state index contributed by atoms with van der Waals surface area (Å²) in [5.74, 6) is -1.41. The van der Waals surface area contributed by atoms with E-state index in [1.54, 1.807) is 0 Å². The highest BCUT2D eigenvalue weighted by molar-refractivity contribution is 5.92. The fraction of sp³-hybridized carbons (Fsp3) is 0.462. The van der Waals surface area contributed by atoms with Crippen molar-refractivity contribution >= 4 is 11.6 Å². The van der Waals surface area contributed by atoms with Gasteiger partial charge in [-0.3, -0.25) is 9.69 Å². The number of nitrogens with one attached hydrogen (secondary N) is 1. The first-order chi connectivity index (χ1) is 9.81. The number of hydrogen-bond acceptors (Lipinski definition) is 3. The van der Waals surface area contributed by atoms with Crippen molar-refractivity contribution in [1.82, 2.24) is 4.90 Å². The molecule has 2 N–H and O–H groups in total. The van der Waals surface area contributed by atoms with Crippen LogP contribution in [-0.4, -0.2) is 48.3 Å². The predicted molar refractivity (Wildman–Crippen MR) is 69.2 cm³/mol. The zero-order valence-corrected chi connectivity index (χ0v) is 11.2. The number of carbonyl (C=O) groups excluding carboxylic acids is 1. The van der Waals surface area contributed by atoms with E-state index < -0.39 is 31.0 Å². The molecule has 0 fully saturated rings. The zero-order chi connectivity index (χ0) is 15.9. The van der Waals surface area contributed by atoms with Crippen LogP contribution >= 0.6 is 0 Å². The first-order valence-electron chi connectivity index (χ1n) is 6.26. The summed E-state index contributed by atoms with van der Waals surface area (Å²) in [5, 5.41) is 10.9. The van der Waals surface area contributed by atoms with Gasteiger partial charge < -0.3 is 10.4 Å². The van der Waals surface area contributed by atoms with Crippen molar-refractivity contribution in [3.05, 3.63) is 30.1 Å². The second kappa shape index (κ2) is 7.94. The van der Waals surface area contributed by atoms with Gasteiger partial charge in [0.25, 0.3) is 0 Å². The van der Waals surface area contributed by atoms with Crippen LogP contribution in [0.1, 0.15) is 6.42 Å². The smallest absolute Gasteiger partial charge is 0.396 e. The molecule has 118 valence electrons. The number of anilines is 1. The molecule has 0 atom stereocenters. The molecule has 0 aliphatic rings. The van der Waals surface area contributed by atoms with E-state index >= 15 is 0 Å². The molecule has 1 aromatic rings. The van der Waals surface area contributed by atoms with Gasteiger partial charge in [-0.05, 0) is 18.6 Å². The van der Waals surface area contributed by atoms with Gasteiger partial charge in [0.1, 0.15) is 5.82 Å². The number of halogens is 4. The number of alkyl halides is 3. The third-order valence-corrected chi connectivity index (χ3v) is 2.55. The SMILES string of the molecule is O=C(CN(CCCO)CC(F)(F)F)Nc1ccccc1F. The van der Waals surface area contributed by atoms with Gasteiger partial charge in [-0.15, -0.1) is 0 Å². The zero-order valence-electron chi connectivity index (χ0n) is 11.2. The van der Waals surface area contributed by atoms with Gasteiger partial charge >= 0.3 is 6.18 Å². The van der Waals surface area contributed by atoms with Gasteiger partial charge in [-0.25, -0.2) is 4.39 Å². The molecule has 0 aromatic heterocycles. The summed E-state index contributed by atoms with van der Waals surface area (Å²) in [4.78, 5) is 12.5. The Hall–Kier alpha value is -1.67. The lowest BCUT2D eigenvalue weighted by molar-refractivity contribution is -0.148. The van der Waals surface area contributed by atoms with E-state index in [2.05, 4.69) is 5.32 Å². The van der Waals surface area contributed by atoms with E-state index in [-0.39, 0.29) is 25.3 Å². The molecule has 0 unspecified atom stereocenters. The highest BCUT2D eigenvalue weighted by Gasteiger charge is 2.31. The van der Waals surface area contributed by atoms with E-state index in [0.717, 1.165) is 11.0 Å². The fourth-order valence-electron chi connectivity index (χ4n) is 1.72. The number of hydrogen-bond donors (Lipinski definition) is 2. The van der Waals surface area contributed by atoms with Crippen LogP contribution in [0.5, 0.6) is 0 Å². The van der Waals surface area contributed by atoms with Gasteiger partial charge in [0.15, 0.2) is 0 Å². The van der Waals surface area contributed by atoms with Crippen LogP contribution < -0.4 is 5.32 Å². The molecule has 8 heteroatoms. The highest BCUT2D eigenvalue weighted by atomic mass is 19.4. The molecular weight excluding hydrogens is 292 g/mol. The van der Waals surface area contributed by atoms with Gasteiger partial charge in [0.05, 0.1) is 18.8 Å². The third-order valence-electron chi connectivity index (χ3n) is 2.55. The van der Waals surface area contributed by atoms with Crippen molar-refractivity contribution in [2.75, 3.05) is 31.6 Å². The van der Waals surface area contributed by atoms with Crippen LogP contribution in [0.2, 0.25) is 0 Å². The molecule has 0 radical (unpaired) electrons. The Kier molecular flexibility index (Phi) is 6.57. The van der Waals surface area contributed by atoms with Crippen LogP contribution in [0.25, 0.3) is 0 Å². The van der Waals surface area contributed by atoms with Crippen molar-refractivity contribution in [2.24, 2.45) is 0 Å². The minimum Gasteiger partial charge on any atom is -0.396 e. The number of nitrogens with zero attached hydrogens (tertiary/aromatic N) is 1. The summed E-state index contributed by atoms with van der Waals surface area (Å²) in [6, 6.07) is 5.38. The Morgan fingerprint density at radius 3 is 2.52 bits per heavy atom. The molecule has 0 spiro atoms. The Labute approximate surface area is 119 Å². The molecule has 0 heterocycles. The highest BCUT2D eigenvalue weighted by Crippen LogP contribution is 2.17. The first kappa shape index (κ1) is 17.4. The van der Waals surface area contributed by atoms with E-state index in [1.165, 1.54) is 18.2 Å². The number of benzene rings is 1. The Morgan fingerprint density at radius 2 is 1.95 bits per heavy atom. The second-order valence-electron chi connectivity index (χ2n) is 4.43. The molecule has 1 rings (SSSR count). The maximum absolute atomic E-state index is 13.3. The van der Waals surface area contributed by atoms with E-state index in [1.807, 2.05) is 0 Å². The molecule has 4 nitrogen and oxygen atoms in total. The monoisotopic (exact) mass is 308 g/mol. The molecule has 1 amide bonds. The maximum atomic E-state index is 13.3. The van der Waals surface area contributed by atoms with Gasteiger partial charge in [0, 0.05) is 13.2 Å². The van der Waals surface area contributed by atoms with E-state index in [9.17, 15) is 22.4 Å². The van der Waals surface area contributed by atoms with Crippen molar-refractivity contribution in [3.8, 4) is 0 Å². The van der Waals surface area contributed by atoms with Crippen molar-refractivity contribution in [2.45, 2.75) is 12.6 Å². The van der Waals surface area contributed by atoms with Crippen LogP contribution in [-0.2, 0) is 4.79 Å². The Bertz CT molecular complexity index is 466. The quantitative estimate of drug-likeness (QED) is 0.758. The number of aliphatic hydroxyl groups excluding tert-OH is 1. The molecule has 0 saturated carbocycles. The first-order valence-corrected chi connectivity index (χ1v) is 6.26. The maximum Gasteiger partial charge on any atom is 0.401 e. The fourth-order valence-corrected chi connectivity index (χ4v) is 1.72. The van der Waals surface area contributed by atoms with Gasteiger partial charge in [0.2, 0.25) is 5.91 Å². The normalized spacial score (nSPS) is 11.7. The molecule has 1 aromatic carbocycles. The summed E-state index contributed by atoms with van der Waals surface area (Å²) in [6.45, 7) is -2.16. The number of carbonyl (C=O) groups is 1. The average Bonchev–Trinajstić information content (AvgIpc) is 2.37. The molecule has 0 saturated heterocycles. The van der Waals surface area contributed by atoms with Gasteiger partial charge in [-0.1, -0.05) is 12.1 Å². The van der Waals surface area contributed by atoms with Crippen LogP contribution in [0, 0.1) is 5.82 Å². The summed E-state index contributed by atoms with van der Waals surface area (Å²) in [7, 11) is 0. The summed E-state index contributed by atoms with van der Waals surface area (Å²) >= 11 is 0. The lowest BCUT2D eigenvalue weighted by atomic mass is 10.3. The second-order valence-corrected chi connectivity index (χ2v) is 4.43. The van der Waals surface area contributed by atoms with E-state index in [0.29, 0.717) is 0 Å². The minimum atomic E-state index is -4.45. The number of rotatable bonds is 7. The largest absolute Gasteiger partial charge is 0.401 e. The van der Waals surface area contributed by atoms with Crippen LogP contribution in [0.4, 0.5) is 23.2 Å². The van der Waals surface area contributed by atoms with E-state index in [4.69, 9.17) is 5.11 Å². The summed E-state index contributed by atoms with van der Waals surface area (Å²) in [5.41, 5.74) is -0.0865. The topological polar surface area (TPSA) is 52.6 Å². The predicted octanol–water partition coefficient (Wildman–Crippen LogP) is 2.01. The standard InChI is InChI=1S/C13H16F4N2O2/c14-10-4-1-2-5-11(10)18-12(21)8-19(6-3-7-20)9-13(15,16)17/h1-2,4-5,20H,3,6-9H2,(H,18,21). The molecule has 0 aliphatic heterocycles. The molecule has 0 aliphatic carbocycles. The van der Waals surface area contributed by atoms with Gasteiger partial charge in [-0.2, -0.15) is 13.2 Å². The Balaban J connectivity index is 2.61. The van der Waals surface area contributed by atoms with Crippen molar-refractivity contribution in [1.29, 1.82) is 0 Å². The number of para-hydroxylation sites is 1. The van der Waals surface area contributed by atoms with Crippen molar-refractivity contribution < 1.29 is 27.5 Å². The summed E-state index contributed by atoms with van der Waals surface area (Å²) < 4.78 is 50.5. The minimum absolute atomic E-state index is 0.0826. The van der Waals surface area contributed by atoms with Crippen LogP contribution in [0.3, 0.4) is 0 Å². The molecule has 21 heavy (non-hydrogen) atoms.